The minimum absolute atomic E-state index is 0.0435. The maximum atomic E-state index is 13.3. The first kappa shape index (κ1) is 21.2. The van der Waals surface area contributed by atoms with E-state index in [2.05, 4.69) is 5.32 Å². The Hall–Kier alpha value is -2.15. The van der Waals surface area contributed by atoms with Gasteiger partial charge in [-0.2, -0.15) is 0 Å². The van der Waals surface area contributed by atoms with Crippen LogP contribution in [0, 0.1) is 5.82 Å². The summed E-state index contributed by atoms with van der Waals surface area (Å²) in [6, 6.07) is 6.55. The van der Waals surface area contributed by atoms with E-state index in [1.54, 1.807) is 6.07 Å². The zero-order chi connectivity index (χ0) is 20.0. The van der Waals surface area contributed by atoms with Crippen molar-refractivity contribution in [1.29, 1.82) is 0 Å². The van der Waals surface area contributed by atoms with Crippen LogP contribution in [0.2, 0.25) is 0 Å². The second-order valence-corrected chi connectivity index (χ2v) is 8.77. The molecule has 0 bridgehead atoms. The molecule has 4 N–H and O–H groups in total. The number of halogens is 1. The first-order valence-corrected chi connectivity index (χ1v) is 10.6. The molecule has 27 heavy (non-hydrogen) atoms. The summed E-state index contributed by atoms with van der Waals surface area (Å²) in [7, 11) is -2.60. The molecule has 0 aliphatic heterocycles. The fourth-order valence-corrected chi connectivity index (χ4v) is 4.78. The number of hydrogen-bond donors (Lipinski definition) is 3. The summed E-state index contributed by atoms with van der Waals surface area (Å²) >= 11 is 1.22. The molecule has 12 heteroatoms. The number of sulfonamides is 1. The highest BCUT2D eigenvalue weighted by Gasteiger charge is 2.20. The zero-order valence-corrected chi connectivity index (χ0v) is 16.5. The molecule has 1 aromatic carbocycles. The normalized spacial score (nSPS) is 11.1. The quantitative estimate of drug-likeness (QED) is 0.569. The van der Waals surface area contributed by atoms with Crippen LogP contribution in [0.25, 0.3) is 0 Å². The van der Waals surface area contributed by atoms with Gasteiger partial charge in [0, 0.05) is 23.4 Å². The minimum atomic E-state index is -3.98. The monoisotopic (exact) mass is 433 g/mol. The lowest BCUT2D eigenvalue weighted by atomic mass is 10.2. The minimum Gasteiger partial charge on any atom is -0.496 e. The summed E-state index contributed by atoms with van der Waals surface area (Å²) in [4.78, 5) is 24.0. The van der Waals surface area contributed by atoms with Gasteiger partial charge in [-0.25, -0.2) is 17.5 Å². The molecule has 0 radical (unpaired) electrons. The van der Waals surface area contributed by atoms with E-state index in [4.69, 9.17) is 9.88 Å². The molecule has 8 nitrogen and oxygen atoms in total. The van der Waals surface area contributed by atoms with Crippen molar-refractivity contribution in [3.63, 3.8) is 0 Å². The molecule has 0 saturated heterocycles. The summed E-state index contributed by atoms with van der Waals surface area (Å²) in [5, 5.41) is 6.74. The van der Waals surface area contributed by atoms with E-state index in [-0.39, 0.29) is 34.0 Å². The number of nitrogens with two attached hydrogens (primary N) is 1. The number of amides is 2. The summed E-state index contributed by atoms with van der Waals surface area (Å²) in [5.41, 5.74) is 0.0638. The van der Waals surface area contributed by atoms with Crippen LogP contribution in [0.1, 0.15) is 15.2 Å². The first-order chi connectivity index (χ1) is 12.8. The molecule has 0 unspecified atom stereocenters. The third kappa shape index (κ3) is 5.66. The van der Waals surface area contributed by atoms with Gasteiger partial charge in [-0.05, 0) is 36.8 Å². The first-order valence-electron chi connectivity index (χ1n) is 7.41. The Morgan fingerprint density at radius 2 is 2.04 bits per heavy atom. The van der Waals surface area contributed by atoms with Gasteiger partial charge < -0.3 is 10.1 Å². The van der Waals surface area contributed by atoms with Crippen LogP contribution in [0.15, 0.2) is 34.5 Å². The predicted molar refractivity (Wildman–Crippen MR) is 101 cm³/mol. The topological polar surface area (TPSA) is 128 Å². The van der Waals surface area contributed by atoms with Crippen LogP contribution < -0.4 is 19.9 Å². The molecule has 0 fully saturated rings. The van der Waals surface area contributed by atoms with E-state index in [1.165, 1.54) is 25.3 Å². The van der Waals surface area contributed by atoms with Crippen LogP contribution in [0.4, 0.5) is 9.18 Å². The van der Waals surface area contributed by atoms with Crippen LogP contribution >= 0.6 is 23.3 Å². The number of ether oxygens (including phenoxy) is 1. The van der Waals surface area contributed by atoms with Gasteiger partial charge in [0.1, 0.15) is 15.8 Å². The lowest BCUT2D eigenvalue weighted by molar-refractivity contribution is 0.0950. The second-order valence-electron chi connectivity index (χ2n) is 5.08. The number of carbonyl (C=O) groups excluding carboxylic acids is 2. The Bertz CT molecular complexity index is 946. The third-order valence-corrected chi connectivity index (χ3v) is 6.70. The number of hydrogen-bond acceptors (Lipinski definition) is 8. The molecule has 146 valence electrons. The van der Waals surface area contributed by atoms with E-state index < -0.39 is 27.0 Å². The molecule has 2 amide bonds. The Labute approximate surface area is 163 Å². The van der Waals surface area contributed by atoms with Crippen molar-refractivity contribution in [3.8, 4) is 5.75 Å². The lowest BCUT2D eigenvalue weighted by Crippen LogP contribution is -2.27. The van der Waals surface area contributed by atoms with E-state index in [1.807, 2.05) is 4.72 Å². The molecule has 1 aromatic heterocycles. The molecule has 1 heterocycles. The smallest absolute Gasteiger partial charge is 0.307 e. The van der Waals surface area contributed by atoms with E-state index >= 15 is 0 Å². The van der Waals surface area contributed by atoms with Crippen molar-refractivity contribution >= 4 is 44.5 Å². The predicted octanol–water partition coefficient (Wildman–Crippen LogP) is 1.87. The molecular weight excluding hydrogens is 417 g/mol. The van der Waals surface area contributed by atoms with Crippen molar-refractivity contribution in [2.75, 3.05) is 13.7 Å². The third-order valence-electron chi connectivity index (χ3n) is 3.29. The second kappa shape index (κ2) is 9.17. The van der Waals surface area contributed by atoms with Crippen LogP contribution in [-0.4, -0.2) is 33.2 Å². The summed E-state index contributed by atoms with van der Waals surface area (Å²) in [6.07, 6.45) is 0.350. The molecule has 0 saturated carbocycles. The van der Waals surface area contributed by atoms with Crippen LogP contribution in [0.3, 0.4) is 0 Å². The van der Waals surface area contributed by atoms with Crippen LogP contribution in [0.5, 0.6) is 5.75 Å². The largest absolute Gasteiger partial charge is 0.496 e. The van der Waals surface area contributed by atoms with Crippen LogP contribution in [-0.2, 0) is 16.4 Å². The Kier molecular flexibility index (Phi) is 7.18. The van der Waals surface area contributed by atoms with Crippen molar-refractivity contribution in [2.45, 2.75) is 10.6 Å². The molecule has 0 spiro atoms. The number of rotatable bonds is 7. The highest BCUT2D eigenvalue weighted by molar-refractivity contribution is 8.12. The summed E-state index contributed by atoms with van der Waals surface area (Å²) < 4.78 is 44.1. The molecule has 0 aliphatic rings. The standard InChI is InChI=1S/C15H16FN3O5S3/c1-24-12-4-2-9(16)8-11(12)14(20)18-7-6-10-3-5-13(25-10)27(22,23)19-15(21)26-17/h2-5,8H,6-7,17H2,1H3,(H,18,20)(H,19,21). The van der Waals surface area contributed by atoms with E-state index in [0.29, 0.717) is 11.3 Å². The summed E-state index contributed by atoms with van der Waals surface area (Å²) in [5.74, 6) is -0.832. The van der Waals surface area contributed by atoms with E-state index in [0.717, 1.165) is 17.4 Å². The number of methoxy groups -OCH3 is 1. The van der Waals surface area contributed by atoms with Crippen molar-refractivity contribution in [2.24, 2.45) is 5.14 Å². The SMILES string of the molecule is COc1ccc(F)cc1C(=O)NCCc1ccc(S(=O)(=O)NC(=O)SN)s1. The van der Waals surface area contributed by atoms with Crippen molar-refractivity contribution in [1.82, 2.24) is 10.0 Å². The van der Waals surface area contributed by atoms with Crippen molar-refractivity contribution in [3.05, 3.63) is 46.6 Å². The van der Waals surface area contributed by atoms with Gasteiger partial charge >= 0.3 is 5.24 Å². The van der Waals surface area contributed by atoms with Gasteiger partial charge in [-0.3, -0.25) is 14.7 Å². The molecular formula is C15H16FN3O5S3. The Balaban J connectivity index is 1.97. The van der Waals surface area contributed by atoms with Gasteiger partial charge in [-0.1, -0.05) is 0 Å². The Morgan fingerprint density at radius 3 is 2.70 bits per heavy atom. The molecule has 2 aromatic rings. The summed E-state index contributed by atoms with van der Waals surface area (Å²) in [6.45, 7) is 0.198. The number of nitrogens with one attached hydrogen (secondary N) is 2. The molecule has 2 rings (SSSR count). The fourth-order valence-electron chi connectivity index (χ4n) is 2.07. The molecule has 0 aliphatic carbocycles. The zero-order valence-electron chi connectivity index (χ0n) is 14.0. The van der Waals surface area contributed by atoms with E-state index in [9.17, 15) is 22.4 Å². The van der Waals surface area contributed by atoms with Gasteiger partial charge in [0.05, 0.1) is 12.7 Å². The highest BCUT2D eigenvalue weighted by atomic mass is 32.2. The molecule has 0 atom stereocenters. The average Bonchev–Trinajstić information content (AvgIpc) is 3.11. The highest BCUT2D eigenvalue weighted by Crippen LogP contribution is 2.22. The number of benzene rings is 1. The maximum Gasteiger partial charge on any atom is 0.307 e. The van der Waals surface area contributed by atoms with Gasteiger partial charge in [0.25, 0.3) is 15.9 Å². The number of carbonyl (C=O) groups is 2. The average molecular weight is 434 g/mol. The fraction of sp³-hybridized carbons (Fsp3) is 0.200. The number of thiophene rings is 1. The van der Waals surface area contributed by atoms with Gasteiger partial charge in [-0.15, -0.1) is 11.3 Å². The van der Waals surface area contributed by atoms with Crippen molar-refractivity contribution < 1.29 is 27.1 Å². The van der Waals surface area contributed by atoms with Gasteiger partial charge in [0.2, 0.25) is 0 Å². The lowest BCUT2D eigenvalue weighted by Gasteiger charge is -2.09. The maximum absolute atomic E-state index is 13.3. The Morgan fingerprint density at radius 1 is 1.30 bits per heavy atom. The van der Waals surface area contributed by atoms with Gasteiger partial charge in [0.15, 0.2) is 0 Å².